The van der Waals surface area contributed by atoms with E-state index in [1.54, 1.807) is 6.92 Å². The zero-order valence-corrected chi connectivity index (χ0v) is 20.6. The van der Waals surface area contributed by atoms with Gasteiger partial charge in [-0.15, -0.1) is 0 Å². The zero-order chi connectivity index (χ0) is 23.3. The third-order valence-corrected chi connectivity index (χ3v) is 9.79. The quantitative estimate of drug-likeness (QED) is 0.368. The standard InChI is InChI=1S/C28H40O4/c1-6-7-8-9-25(31)32-28(19(3)29)15-12-23-21-16-18(2)24-17-20(30)10-13-26(24,4)22(21)11-14-27(23,28)5/h16-17,21-23H,6-15H2,1-5H3/t21-,22-,23-,26+,27-,28-/m0/s1. The van der Waals surface area contributed by atoms with Crippen molar-refractivity contribution in [2.45, 2.75) is 104 Å². The number of allylic oxidation sites excluding steroid dienone is 4. The molecule has 0 unspecified atom stereocenters. The minimum atomic E-state index is -0.993. The van der Waals surface area contributed by atoms with Crippen molar-refractivity contribution in [3.05, 3.63) is 23.3 Å². The van der Waals surface area contributed by atoms with Crippen LogP contribution in [0.3, 0.4) is 0 Å². The average molecular weight is 441 g/mol. The average Bonchev–Trinajstić information content (AvgIpc) is 3.03. The topological polar surface area (TPSA) is 60.4 Å². The fraction of sp³-hybridized carbons (Fsp3) is 0.750. The van der Waals surface area contributed by atoms with Crippen LogP contribution >= 0.6 is 0 Å². The minimum absolute atomic E-state index is 0.0105. The molecule has 6 atom stereocenters. The van der Waals surface area contributed by atoms with Crippen molar-refractivity contribution in [3.8, 4) is 0 Å². The molecule has 2 fully saturated rings. The Morgan fingerprint density at radius 3 is 2.50 bits per heavy atom. The third kappa shape index (κ3) is 3.35. The zero-order valence-electron chi connectivity index (χ0n) is 20.6. The molecular weight excluding hydrogens is 400 g/mol. The lowest BCUT2D eigenvalue weighted by Crippen LogP contribution is -2.58. The van der Waals surface area contributed by atoms with Gasteiger partial charge < -0.3 is 4.74 Å². The molecule has 0 bridgehead atoms. The molecule has 0 aromatic carbocycles. The number of fused-ring (bicyclic) bond motifs is 5. The van der Waals surface area contributed by atoms with E-state index in [0.29, 0.717) is 37.0 Å². The predicted molar refractivity (Wildman–Crippen MR) is 125 cm³/mol. The molecule has 4 aliphatic rings. The van der Waals surface area contributed by atoms with E-state index < -0.39 is 5.60 Å². The van der Waals surface area contributed by atoms with Crippen molar-refractivity contribution >= 4 is 17.5 Å². The Labute approximate surface area is 193 Å². The monoisotopic (exact) mass is 440 g/mol. The van der Waals surface area contributed by atoms with Crippen LogP contribution in [0.15, 0.2) is 23.3 Å². The molecule has 176 valence electrons. The molecule has 0 N–H and O–H groups in total. The molecule has 0 radical (unpaired) electrons. The number of carbonyl (C=O) groups excluding carboxylic acids is 3. The largest absolute Gasteiger partial charge is 0.450 e. The highest BCUT2D eigenvalue weighted by molar-refractivity contribution is 5.92. The number of hydrogen-bond donors (Lipinski definition) is 0. The Morgan fingerprint density at radius 1 is 1.09 bits per heavy atom. The fourth-order valence-electron chi connectivity index (χ4n) is 8.00. The van der Waals surface area contributed by atoms with Crippen LogP contribution in [0, 0.1) is 28.6 Å². The molecule has 0 aromatic heterocycles. The number of ether oxygens (including phenoxy) is 1. The summed E-state index contributed by atoms with van der Waals surface area (Å²) in [6.45, 7) is 10.4. The van der Waals surface area contributed by atoms with Crippen molar-refractivity contribution in [1.29, 1.82) is 0 Å². The van der Waals surface area contributed by atoms with Gasteiger partial charge in [-0.25, -0.2) is 0 Å². The highest BCUT2D eigenvalue weighted by Crippen LogP contribution is 2.67. The lowest BCUT2D eigenvalue weighted by molar-refractivity contribution is -0.187. The molecule has 0 aliphatic heterocycles. The Bertz CT molecular complexity index is 882. The molecule has 4 heteroatoms. The van der Waals surface area contributed by atoms with Crippen LogP contribution in [0.2, 0.25) is 0 Å². The SMILES string of the molecule is CCCCCC(=O)O[C@]1(C(C)=O)CC[C@H]2[C@H]3C=C(C)C4=CC(=O)CC[C@]4(C)[C@H]3CC[C@@]21C. The minimum Gasteiger partial charge on any atom is -0.450 e. The first-order valence-electron chi connectivity index (χ1n) is 12.8. The third-order valence-electron chi connectivity index (χ3n) is 9.79. The molecule has 4 nitrogen and oxygen atoms in total. The van der Waals surface area contributed by atoms with E-state index in [0.717, 1.165) is 44.9 Å². The summed E-state index contributed by atoms with van der Waals surface area (Å²) in [5.41, 5.74) is 1.16. The first-order chi connectivity index (χ1) is 15.1. The van der Waals surface area contributed by atoms with E-state index >= 15 is 0 Å². The van der Waals surface area contributed by atoms with E-state index in [9.17, 15) is 14.4 Å². The molecule has 0 heterocycles. The van der Waals surface area contributed by atoms with Gasteiger partial charge >= 0.3 is 5.97 Å². The number of hydrogen-bond acceptors (Lipinski definition) is 4. The summed E-state index contributed by atoms with van der Waals surface area (Å²) in [6, 6.07) is 0. The van der Waals surface area contributed by atoms with E-state index in [4.69, 9.17) is 4.74 Å². The number of esters is 1. The van der Waals surface area contributed by atoms with E-state index in [-0.39, 0.29) is 28.4 Å². The lowest BCUT2D eigenvalue weighted by atomic mass is 9.47. The second-order valence-corrected chi connectivity index (χ2v) is 11.4. The Balaban J connectivity index is 1.67. The van der Waals surface area contributed by atoms with Gasteiger partial charge in [-0.2, -0.15) is 0 Å². The van der Waals surface area contributed by atoms with Crippen LogP contribution in [0.1, 0.15) is 98.8 Å². The lowest BCUT2D eigenvalue weighted by Gasteiger charge is -2.58. The molecule has 0 aromatic rings. The molecule has 0 saturated heterocycles. The molecule has 2 saturated carbocycles. The van der Waals surface area contributed by atoms with Crippen LogP contribution in [0.25, 0.3) is 0 Å². The predicted octanol–water partition coefficient (Wildman–Crippen LogP) is 6.14. The number of Topliss-reactive ketones (excluding diaryl/α,β-unsaturated/α-hetero) is 1. The Morgan fingerprint density at radius 2 is 1.81 bits per heavy atom. The van der Waals surface area contributed by atoms with Crippen molar-refractivity contribution in [1.82, 2.24) is 0 Å². The normalized spacial score (nSPS) is 40.5. The number of carbonyl (C=O) groups is 3. The van der Waals surface area contributed by atoms with Gasteiger partial charge in [-0.3, -0.25) is 14.4 Å². The summed E-state index contributed by atoms with van der Waals surface area (Å²) in [6.07, 6.45) is 12.6. The number of rotatable bonds is 6. The van der Waals surface area contributed by atoms with Gasteiger partial charge in [0.05, 0.1) is 0 Å². The van der Waals surface area contributed by atoms with Crippen LogP contribution in [-0.2, 0) is 19.1 Å². The highest BCUT2D eigenvalue weighted by atomic mass is 16.6. The van der Waals surface area contributed by atoms with Crippen molar-refractivity contribution in [3.63, 3.8) is 0 Å². The second kappa shape index (κ2) is 8.25. The summed E-state index contributed by atoms with van der Waals surface area (Å²) in [7, 11) is 0. The van der Waals surface area contributed by atoms with Gasteiger partial charge in [0.25, 0.3) is 0 Å². The second-order valence-electron chi connectivity index (χ2n) is 11.4. The molecular formula is C28H40O4. The van der Waals surface area contributed by atoms with Crippen molar-refractivity contribution in [2.24, 2.45) is 28.6 Å². The fourth-order valence-corrected chi connectivity index (χ4v) is 8.00. The Hall–Kier alpha value is -1.71. The maximum absolute atomic E-state index is 13.1. The van der Waals surface area contributed by atoms with Crippen molar-refractivity contribution < 1.29 is 19.1 Å². The van der Waals surface area contributed by atoms with Crippen LogP contribution in [-0.4, -0.2) is 23.1 Å². The van der Waals surface area contributed by atoms with Gasteiger partial charge in [0.2, 0.25) is 0 Å². The summed E-state index contributed by atoms with van der Waals surface area (Å²) in [4.78, 5) is 38.1. The van der Waals surface area contributed by atoms with Gasteiger partial charge in [0.15, 0.2) is 17.2 Å². The van der Waals surface area contributed by atoms with Crippen LogP contribution < -0.4 is 0 Å². The van der Waals surface area contributed by atoms with Gasteiger partial charge in [-0.05, 0) is 87.2 Å². The van der Waals surface area contributed by atoms with Gasteiger partial charge in [-0.1, -0.05) is 45.3 Å². The highest BCUT2D eigenvalue weighted by Gasteiger charge is 2.67. The summed E-state index contributed by atoms with van der Waals surface area (Å²) in [5, 5.41) is 0. The van der Waals surface area contributed by atoms with Crippen molar-refractivity contribution in [2.75, 3.05) is 0 Å². The smallest absolute Gasteiger partial charge is 0.306 e. The molecule has 0 spiro atoms. The maximum atomic E-state index is 13.1. The first kappa shape index (κ1) is 23.4. The summed E-state index contributed by atoms with van der Waals surface area (Å²) >= 11 is 0. The molecule has 32 heavy (non-hydrogen) atoms. The number of unbranched alkanes of at least 4 members (excludes halogenated alkanes) is 2. The molecule has 4 aliphatic carbocycles. The van der Waals surface area contributed by atoms with E-state index in [1.807, 2.05) is 6.08 Å². The van der Waals surface area contributed by atoms with Crippen LogP contribution in [0.4, 0.5) is 0 Å². The first-order valence-corrected chi connectivity index (χ1v) is 12.8. The van der Waals surface area contributed by atoms with E-state index in [2.05, 4.69) is 33.8 Å². The molecule has 4 rings (SSSR count). The van der Waals surface area contributed by atoms with Gasteiger partial charge in [0, 0.05) is 18.3 Å². The molecule has 0 amide bonds. The number of ketones is 2. The van der Waals surface area contributed by atoms with E-state index in [1.165, 1.54) is 11.1 Å². The van der Waals surface area contributed by atoms with Gasteiger partial charge in [0.1, 0.15) is 0 Å². The summed E-state index contributed by atoms with van der Waals surface area (Å²) < 4.78 is 6.17. The summed E-state index contributed by atoms with van der Waals surface area (Å²) in [5.74, 6) is 1.21. The maximum Gasteiger partial charge on any atom is 0.306 e. The Kier molecular flexibility index (Phi) is 6.05. The van der Waals surface area contributed by atoms with Crippen LogP contribution in [0.5, 0.6) is 0 Å².